The van der Waals surface area contributed by atoms with Crippen molar-refractivity contribution in [2.24, 2.45) is 0 Å². The number of hydrogen-bond acceptors (Lipinski definition) is 8. The van der Waals surface area contributed by atoms with Crippen molar-refractivity contribution in [1.82, 2.24) is 14.2 Å². The number of hydroxylamine groups is 2. The Bertz CT molecular complexity index is 1380. The van der Waals surface area contributed by atoms with Crippen molar-refractivity contribution in [3.8, 4) is 0 Å². The summed E-state index contributed by atoms with van der Waals surface area (Å²) in [5, 5.41) is 1.67. The van der Waals surface area contributed by atoms with E-state index in [-0.39, 0.29) is 37.1 Å². The Morgan fingerprint density at radius 3 is 2.31 bits per heavy atom. The van der Waals surface area contributed by atoms with Crippen LogP contribution in [0.2, 0.25) is 0 Å². The van der Waals surface area contributed by atoms with Gasteiger partial charge in [0.15, 0.2) is 0 Å². The smallest absolute Gasteiger partial charge is 0.308 e. The van der Waals surface area contributed by atoms with E-state index in [1.165, 1.54) is 9.63 Å². The zero-order chi connectivity index (χ0) is 25.2. The predicted octanol–water partition coefficient (Wildman–Crippen LogP) is 3.08. The van der Waals surface area contributed by atoms with Gasteiger partial charge in [0.25, 0.3) is 11.5 Å². The Labute approximate surface area is 202 Å². The van der Waals surface area contributed by atoms with Gasteiger partial charge < -0.3 is 9.05 Å². The third-order valence-corrected chi connectivity index (χ3v) is 8.35. The van der Waals surface area contributed by atoms with E-state index < -0.39 is 36.6 Å². The van der Waals surface area contributed by atoms with Crippen LogP contribution in [0.1, 0.15) is 30.6 Å². The molecule has 1 saturated heterocycles. The average molecular weight is 501 g/mol. The average Bonchev–Trinajstić information content (AvgIpc) is 3.23. The van der Waals surface area contributed by atoms with Gasteiger partial charge in [-0.3, -0.25) is 23.6 Å². The molecule has 2 aromatic carbocycles. The highest BCUT2D eigenvalue weighted by Gasteiger charge is 2.46. The standard InChI is InChI=1S/C24H28N3O7P/c1-4-32-35(31,33-5-2)21-15-18(34-25(21)3)16-26-20-14-10-9-13-19(20)23(29)27(24(26)30)22(28)17-11-7-6-8-12-17/h6-14,18,21H,4-5,15-16H2,1-3H3/t18-,21-/m0/s1. The largest absolute Gasteiger partial charge is 0.350 e. The molecular formula is C24H28N3O7P. The second-order valence-electron chi connectivity index (χ2n) is 8.09. The lowest BCUT2D eigenvalue weighted by Crippen LogP contribution is -2.45. The Hall–Kier alpha value is -2.88. The van der Waals surface area contributed by atoms with Crippen LogP contribution in [0.3, 0.4) is 0 Å². The minimum atomic E-state index is -3.49. The lowest BCUT2D eigenvalue weighted by Gasteiger charge is -2.25. The fourth-order valence-electron chi connectivity index (χ4n) is 4.33. The van der Waals surface area contributed by atoms with Crippen LogP contribution in [0.4, 0.5) is 0 Å². The molecule has 0 spiro atoms. The molecule has 0 radical (unpaired) electrons. The number of hydrogen-bond donors (Lipinski definition) is 0. The second kappa shape index (κ2) is 10.4. The molecule has 11 heteroatoms. The molecule has 3 aromatic rings. The van der Waals surface area contributed by atoms with Gasteiger partial charge in [0.05, 0.1) is 36.8 Å². The molecule has 10 nitrogen and oxygen atoms in total. The summed E-state index contributed by atoms with van der Waals surface area (Å²) in [6, 6.07) is 14.8. The van der Waals surface area contributed by atoms with Crippen molar-refractivity contribution in [1.29, 1.82) is 0 Å². The fraction of sp³-hybridized carbons (Fsp3) is 0.375. The van der Waals surface area contributed by atoms with E-state index in [4.69, 9.17) is 13.9 Å². The van der Waals surface area contributed by atoms with Crippen molar-refractivity contribution in [2.45, 2.75) is 38.7 Å². The maximum absolute atomic E-state index is 13.5. The first kappa shape index (κ1) is 25.2. The molecule has 0 N–H and O–H groups in total. The van der Waals surface area contributed by atoms with Gasteiger partial charge in [-0.1, -0.05) is 30.3 Å². The molecular weight excluding hydrogens is 473 g/mol. The van der Waals surface area contributed by atoms with Crippen LogP contribution in [-0.4, -0.2) is 52.3 Å². The van der Waals surface area contributed by atoms with Crippen LogP contribution in [0, 0.1) is 0 Å². The van der Waals surface area contributed by atoms with Crippen molar-refractivity contribution in [2.75, 3.05) is 20.3 Å². The van der Waals surface area contributed by atoms with Crippen molar-refractivity contribution in [3.05, 3.63) is 81.0 Å². The summed E-state index contributed by atoms with van der Waals surface area (Å²) >= 11 is 0. The molecule has 0 amide bonds. The number of aromatic nitrogens is 2. The Kier molecular flexibility index (Phi) is 7.49. The third kappa shape index (κ3) is 4.80. The van der Waals surface area contributed by atoms with Gasteiger partial charge in [-0.25, -0.2) is 4.79 Å². The number of fused-ring (bicyclic) bond motifs is 1. The minimum Gasteiger partial charge on any atom is -0.308 e. The zero-order valence-electron chi connectivity index (χ0n) is 19.8. The molecule has 186 valence electrons. The van der Waals surface area contributed by atoms with Crippen LogP contribution in [0.5, 0.6) is 0 Å². The second-order valence-corrected chi connectivity index (χ2v) is 10.3. The first-order valence-corrected chi connectivity index (χ1v) is 13.0. The van der Waals surface area contributed by atoms with Crippen molar-refractivity contribution >= 4 is 24.4 Å². The molecule has 1 fully saturated rings. The quantitative estimate of drug-likeness (QED) is 0.434. The SMILES string of the molecule is CCOP(=O)(OCC)[C@H]1C[C@@H](Cn2c(=O)n(C(=O)c3ccccc3)c(=O)c3ccccc32)ON1C. The number of benzene rings is 2. The predicted molar refractivity (Wildman–Crippen MR) is 131 cm³/mol. The van der Waals surface area contributed by atoms with Crippen LogP contribution in [0.15, 0.2) is 64.2 Å². The van der Waals surface area contributed by atoms with E-state index >= 15 is 0 Å². The van der Waals surface area contributed by atoms with Gasteiger partial charge in [-0.05, 0) is 38.1 Å². The lowest BCUT2D eigenvalue weighted by atomic mass is 10.2. The maximum Gasteiger partial charge on any atom is 0.350 e. The summed E-state index contributed by atoms with van der Waals surface area (Å²) in [6.07, 6.45) is -0.307. The minimum absolute atomic E-state index is 0.0286. The fourth-order valence-corrected chi connectivity index (χ4v) is 6.41. The molecule has 0 bridgehead atoms. The summed E-state index contributed by atoms with van der Waals surface area (Å²) in [7, 11) is -1.86. The van der Waals surface area contributed by atoms with E-state index in [0.29, 0.717) is 10.1 Å². The molecule has 0 unspecified atom stereocenters. The van der Waals surface area contributed by atoms with E-state index in [1.807, 2.05) is 0 Å². The molecule has 1 aliphatic heterocycles. The number of rotatable bonds is 8. The van der Waals surface area contributed by atoms with Crippen LogP contribution < -0.4 is 11.2 Å². The molecule has 0 aliphatic carbocycles. The first-order chi connectivity index (χ1) is 16.8. The summed E-state index contributed by atoms with van der Waals surface area (Å²) < 4.78 is 26.3. The summed E-state index contributed by atoms with van der Waals surface area (Å²) in [5.41, 5.74) is -0.850. The van der Waals surface area contributed by atoms with E-state index in [0.717, 1.165) is 0 Å². The van der Waals surface area contributed by atoms with Crippen molar-refractivity contribution in [3.63, 3.8) is 0 Å². The number of carbonyl (C=O) groups excluding carboxylic acids is 1. The molecule has 1 aliphatic rings. The Morgan fingerprint density at radius 2 is 1.66 bits per heavy atom. The van der Waals surface area contributed by atoms with Gasteiger partial charge in [-0.15, -0.1) is 0 Å². The van der Waals surface area contributed by atoms with Gasteiger partial charge in [0, 0.05) is 19.0 Å². The van der Waals surface area contributed by atoms with E-state index in [2.05, 4.69) is 0 Å². The number of carbonyl (C=O) groups is 1. The molecule has 35 heavy (non-hydrogen) atoms. The highest BCUT2D eigenvalue weighted by molar-refractivity contribution is 7.54. The van der Waals surface area contributed by atoms with Gasteiger partial charge in [0.1, 0.15) is 5.78 Å². The van der Waals surface area contributed by atoms with Crippen LogP contribution >= 0.6 is 7.60 Å². The van der Waals surface area contributed by atoms with Gasteiger partial charge in [0.2, 0.25) is 0 Å². The highest BCUT2D eigenvalue weighted by atomic mass is 31.2. The first-order valence-electron chi connectivity index (χ1n) is 11.4. The normalized spacial score (nSPS) is 18.8. The number of nitrogens with zero attached hydrogens (tertiary/aromatic N) is 3. The molecule has 1 aromatic heterocycles. The zero-order valence-corrected chi connectivity index (χ0v) is 20.7. The van der Waals surface area contributed by atoms with Crippen LogP contribution in [-0.2, 0) is 25.0 Å². The third-order valence-electron chi connectivity index (χ3n) is 5.85. The lowest BCUT2D eigenvalue weighted by molar-refractivity contribution is -0.138. The molecule has 2 heterocycles. The number of para-hydroxylation sites is 1. The maximum atomic E-state index is 13.5. The summed E-state index contributed by atoms with van der Waals surface area (Å²) in [4.78, 5) is 45.7. The highest BCUT2D eigenvalue weighted by Crippen LogP contribution is 2.57. The van der Waals surface area contributed by atoms with E-state index in [9.17, 15) is 18.9 Å². The summed E-state index contributed by atoms with van der Waals surface area (Å²) in [5.74, 6) is -1.37. The van der Waals surface area contributed by atoms with Gasteiger partial charge >= 0.3 is 13.3 Å². The molecule has 0 saturated carbocycles. The van der Waals surface area contributed by atoms with Gasteiger partial charge in [-0.2, -0.15) is 9.63 Å². The monoisotopic (exact) mass is 501 g/mol. The topological polar surface area (TPSA) is 109 Å². The molecule has 2 atom stereocenters. The summed E-state index contributed by atoms with van der Waals surface area (Å²) in [6.45, 7) is 3.92. The Balaban J connectivity index is 1.75. The van der Waals surface area contributed by atoms with E-state index in [1.54, 1.807) is 75.5 Å². The van der Waals surface area contributed by atoms with Crippen LogP contribution in [0.25, 0.3) is 10.9 Å². The molecule has 4 rings (SSSR count). The van der Waals surface area contributed by atoms with Crippen molar-refractivity contribution < 1.29 is 23.2 Å². The Morgan fingerprint density at radius 1 is 1.03 bits per heavy atom.